The highest BCUT2D eigenvalue weighted by atomic mass is 79.9. The smallest absolute Gasteiger partial charge is 0.324 e. The minimum absolute atomic E-state index is 0.216. The molecule has 3 aliphatic rings. The molecule has 4 atom stereocenters. The fourth-order valence-electron chi connectivity index (χ4n) is 7.00. The number of para-hydroxylation sites is 1. The van der Waals surface area contributed by atoms with Crippen LogP contribution in [0.3, 0.4) is 0 Å². The monoisotopic (exact) mass is 566 g/mol. The largest absolute Gasteiger partial charge is 0.480 e. The maximum absolute atomic E-state index is 14.3. The molecular formula is C30H35BrN2O4. The van der Waals surface area contributed by atoms with Crippen LogP contribution in [-0.2, 0) is 27.2 Å². The average molecular weight is 568 g/mol. The third kappa shape index (κ3) is 4.34. The number of carbonyl (C=O) groups is 3. The zero-order valence-electron chi connectivity index (χ0n) is 21.5. The van der Waals surface area contributed by atoms with Crippen LogP contribution in [0.25, 0.3) is 0 Å². The van der Waals surface area contributed by atoms with Crippen molar-refractivity contribution in [3.8, 4) is 0 Å². The molecule has 2 N–H and O–H groups in total. The fourth-order valence-corrected chi connectivity index (χ4v) is 7.26. The van der Waals surface area contributed by atoms with Gasteiger partial charge < -0.3 is 5.11 Å². The predicted molar refractivity (Wildman–Crippen MR) is 146 cm³/mol. The van der Waals surface area contributed by atoms with Gasteiger partial charge in [0.1, 0.15) is 5.54 Å². The third-order valence-corrected chi connectivity index (χ3v) is 9.32. The molecule has 2 aromatic rings. The highest BCUT2D eigenvalue weighted by molar-refractivity contribution is 9.10. The summed E-state index contributed by atoms with van der Waals surface area (Å²) >= 11 is 3.47. The van der Waals surface area contributed by atoms with Crippen molar-refractivity contribution in [3.05, 3.63) is 63.6 Å². The molecule has 37 heavy (non-hydrogen) atoms. The number of aliphatic carboxylic acids is 1. The minimum atomic E-state index is -1.49. The van der Waals surface area contributed by atoms with Gasteiger partial charge in [0.25, 0.3) is 0 Å². The van der Waals surface area contributed by atoms with Crippen LogP contribution >= 0.6 is 15.9 Å². The lowest BCUT2D eigenvalue weighted by Gasteiger charge is -2.36. The van der Waals surface area contributed by atoms with E-state index in [0.717, 1.165) is 53.3 Å². The number of anilines is 1. The molecule has 3 fully saturated rings. The molecule has 0 spiro atoms. The first-order chi connectivity index (χ1) is 17.8. The Kier molecular flexibility index (Phi) is 7.29. The van der Waals surface area contributed by atoms with Crippen molar-refractivity contribution >= 4 is 39.4 Å². The number of benzene rings is 2. The van der Waals surface area contributed by atoms with Gasteiger partial charge in [-0.05, 0) is 54.0 Å². The van der Waals surface area contributed by atoms with Crippen molar-refractivity contribution in [1.29, 1.82) is 0 Å². The Labute approximate surface area is 226 Å². The van der Waals surface area contributed by atoms with Gasteiger partial charge >= 0.3 is 5.97 Å². The summed E-state index contributed by atoms with van der Waals surface area (Å²) in [5.41, 5.74) is 1.86. The Morgan fingerprint density at radius 3 is 2.19 bits per heavy atom. The van der Waals surface area contributed by atoms with Gasteiger partial charge in [0.15, 0.2) is 0 Å². The molecule has 5 rings (SSSR count). The number of aryl methyl sites for hydroxylation is 2. The summed E-state index contributed by atoms with van der Waals surface area (Å²) in [6.07, 6.45) is 6.95. The van der Waals surface area contributed by atoms with Crippen molar-refractivity contribution < 1.29 is 19.5 Å². The molecule has 196 valence electrons. The lowest BCUT2D eigenvalue weighted by molar-refractivity contribution is -0.150. The zero-order chi connectivity index (χ0) is 26.3. The molecule has 1 aliphatic carbocycles. The Balaban J connectivity index is 1.65. The number of imide groups is 1. The summed E-state index contributed by atoms with van der Waals surface area (Å²) in [7, 11) is 0. The molecule has 2 aliphatic heterocycles. The summed E-state index contributed by atoms with van der Waals surface area (Å²) in [5.74, 6) is -3.22. The molecule has 2 aromatic carbocycles. The van der Waals surface area contributed by atoms with Crippen LogP contribution in [0.2, 0.25) is 0 Å². The topological polar surface area (TPSA) is 86.7 Å². The van der Waals surface area contributed by atoms with Crippen molar-refractivity contribution in [2.24, 2.45) is 17.8 Å². The van der Waals surface area contributed by atoms with E-state index in [1.54, 1.807) is 0 Å². The SMILES string of the molecule is CCc1cccc(CC)c1N1C(=O)C2C(c3ccc(Br)cc3)NC(CC3CCCCC3)(C(=O)O)C2C1=O. The molecule has 2 heterocycles. The van der Waals surface area contributed by atoms with Gasteiger partial charge in [-0.3, -0.25) is 19.7 Å². The van der Waals surface area contributed by atoms with Crippen LogP contribution in [0.15, 0.2) is 46.9 Å². The Morgan fingerprint density at radius 2 is 1.62 bits per heavy atom. The molecular weight excluding hydrogens is 532 g/mol. The van der Waals surface area contributed by atoms with E-state index in [9.17, 15) is 19.5 Å². The summed E-state index contributed by atoms with van der Waals surface area (Å²) in [6.45, 7) is 4.03. The quantitative estimate of drug-likeness (QED) is 0.412. The fraction of sp³-hybridized carbons (Fsp3) is 0.500. The minimum Gasteiger partial charge on any atom is -0.480 e. The molecule has 2 amide bonds. The number of halogens is 1. The summed E-state index contributed by atoms with van der Waals surface area (Å²) in [6, 6.07) is 12.9. The number of fused-ring (bicyclic) bond motifs is 1. The van der Waals surface area contributed by atoms with E-state index in [2.05, 4.69) is 21.2 Å². The molecule has 4 unspecified atom stereocenters. The molecule has 2 saturated heterocycles. The van der Waals surface area contributed by atoms with Gasteiger partial charge in [-0.1, -0.05) is 92.2 Å². The zero-order valence-corrected chi connectivity index (χ0v) is 23.1. The van der Waals surface area contributed by atoms with Crippen molar-refractivity contribution in [1.82, 2.24) is 5.32 Å². The molecule has 6 nitrogen and oxygen atoms in total. The molecule has 7 heteroatoms. The van der Waals surface area contributed by atoms with Crippen LogP contribution in [0.5, 0.6) is 0 Å². The van der Waals surface area contributed by atoms with E-state index in [1.165, 1.54) is 4.90 Å². The second-order valence-corrected chi connectivity index (χ2v) is 11.7. The Bertz CT molecular complexity index is 1180. The van der Waals surface area contributed by atoms with Crippen LogP contribution < -0.4 is 10.2 Å². The van der Waals surface area contributed by atoms with E-state index < -0.39 is 29.4 Å². The lowest BCUT2D eigenvalue weighted by Crippen LogP contribution is -2.57. The highest BCUT2D eigenvalue weighted by Crippen LogP contribution is 2.53. The van der Waals surface area contributed by atoms with Crippen molar-refractivity contribution in [2.45, 2.75) is 76.8 Å². The number of carboxylic acids is 1. The van der Waals surface area contributed by atoms with Crippen LogP contribution in [0.4, 0.5) is 5.69 Å². The molecule has 1 saturated carbocycles. The van der Waals surface area contributed by atoms with Crippen LogP contribution in [0.1, 0.15) is 75.1 Å². The predicted octanol–water partition coefficient (Wildman–Crippen LogP) is 5.82. The summed E-state index contributed by atoms with van der Waals surface area (Å²) < 4.78 is 0.900. The summed E-state index contributed by atoms with van der Waals surface area (Å²) in [4.78, 5) is 43.1. The number of nitrogens with one attached hydrogen (secondary N) is 1. The maximum Gasteiger partial charge on any atom is 0.324 e. The van der Waals surface area contributed by atoms with Crippen LogP contribution in [-0.4, -0.2) is 28.4 Å². The normalized spacial score (nSPS) is 28.1. The first kappa shape index (κ1) is 26.1. The van der Waals surface area contributed by atoms with Crippen LogP contribution in [0, 0.1) is 17.8 Å². The standard InChI is InChI=1S/C30H35BrN2O4/c1-3-19-11-8-12-20(4-2)26(19)33-27(34)23-24(28(33)35)30(29(36)37,17-18-9-6-5-7-10-18)32-25(23)21-13-15-22(31)16-14-21/h8,11-16,18,23-25,32H,3-7,9-10,17H2,1-2H3,(H,36,37). The average Bonchev–Trinajstić information content (AvgIpc) is 3.38. The van der Waals surface area contributed by atoms with Gasteiger partial charge in [0.2, 0.25) is 11.8 Å². The Hall–Kier alpha value is -2.51. The first-order valence-corrected chi connectivity index (χ1v) is 14.4. The van der Waals surface area contributed by atoms with Gasteiger partial charge in [-0.15, -0.1) is 0 Å². The number of amides is 2. The van der Waals surface area contributed by atoms with E-state index >= 15 is 0 Å². The number of carbonyl (C=O) groups excluding carboxylic acids is 2. The first-order valence-electron chi connectivity index (χ1n) is 13.6. The molecule has 0 radical (unpaired) electrons. The van der Waals surface area contributed by atoms with Crippen molar-refractivity contribution in [3.63, 3.8) is 0 Å². The highest BCUT2D eigenvalue weighted by Gasteiger charge is 2.69. The van der Waals surface area contributed by atoms with Gasteiger partial charge in [0.05, 0.1) is 17.5 Å². The molecule has 0 aromatic heterocycles. The number of hydrogen-bond donors (Lipinski definition) is 2. The number of rotatable bonds is 7. The second-order valence-electron chi connectivity index (χ2n) is 10.8. The van der Waals surface area contributed by atoms with Crippen molar-refractivity contribution in [2.75, 3.05) is 4.90 Å². The Morgan fingerprint density at radius 1 is 1.00 bits per heavy atom. The van der Waals surface area contributed by atoms with E-state index in [0.29, 0.717) is 24.9 Å². The van der Waals surface area contributed by atoms with Gasteiger partial charge in [0, 0.05) is 10.5 Å². The maximum atomic E-state index is 14.3. The van der Waals surface area contributed by atoms with E-state index in [4.69, 9.17) is 0 Å². The molecule has 0 bridgehead atoms. The van der Waals surface area contributed by atoms with Gasteiger partial charge in [-0.25, -0.2) is 4.90 Å². The lowest BCUT2D eigenvalue weighted by atomic mass is 9.72. The number of hydrogen-bond acceptors (Lipinski definition) is 4. The third-order valence-electron chi connectivity index (χ3n) is 8.79. The number of carboxylic acid groups (broad SMARTS) is 1. The summed E-state index contributed by atoms with van der Waals surface area (Å²) in [5, 5.41) is 14.2. The van der Waals surface area contributed by atoms with Gasteiger partial charge in [-0.2, -0.15) is 0 Å². The van der Waals surface area contributed by atoms with E-state index in [-0.39, 0.29) is 17.7 Å². The second kappa shape index (κ2) is 10.3. The number of nitrogens with zero attached hydrogens (tertiary/aromatic N) is 1. The van der Waals surface area contributed by atoms with E-state index in [1.807, 2.05) is 56.3 Å².